The molecule has 0 radical (unpaired) electrons. The number of carbonyl (C=O) groups excluding carboxylic acids is 1. The number of nitrogens with one attached hydrogen (secondary N) is 1. The summed E-state index contributed by atoms with van der Waals surface area (Å²) < 4.78 is 5.56. The number of rotatable bonds is 7. The molecule has 0 aromatic heterocycles. The highest BCUT2D eigenvalue weighted by Crippen LogP contribution is 2.16. The summed E-state index contributed by atoms with van der Waals surface area (Å²) in [7, 11) is 1.84. The van der Waals surface area contributed by atoms with Crippen LogP contribution in [0.1, 0.15) is 39.5 Å². The van der Waals surface area contributed by atoms with Crippen molar-refractivity contribution in [3.63, 3.8) is 0 Å². The van der Waals surface area contributed by atoms with E-state index in [1.807, 2.05) is 20.9 Å². The van der Waals surface area contributed by atoms with Crippen molar-refractivity contribution in [3.05, 3.63) is 0 Å². The van der Waals surface area contributed by atoms with Gasteiger partial charge in [-0.2, -0.15) is 0 Å². The quantitative estimate of drug-likeness (QED) is 0.686. The van der Waals surface area contributed by atoms with Gasteiger partial charge in [0.25, 0.3) is 0 Å². The van der Waals surface area contributed by atoms with E-state index in [1.165, 1.54) is 12.8 Å². The molecular weight excluding hydrogens is 216 g/mol. The van der Waals surface area contributed by atoms with Crippen LogP contribution in [0.2, 0.25) is 0 Å². The van der Waals surface area contributed by atoms with E-state index in [-0.39, 0.29) is 11.9 Å². The van der Waals surface area contributed by atoms with E-state index in [4.69, 9.17) is 4.74 Å². The first-order chi connectivity index (χ1) is 8.15. The van der Waals surface area contributed by atoms with Gasteiger partial charge in [-0.05, 0) is 46.1 Å². The number of likely N-dealkylation sites (N-methyl/N-ethyl adjacent to an activating group) is 1. The molecule has 1 aliphatic heterocycles. The Hall–Kier alpha value is -0.610. The molecule has 1 rings (SSSR count). The van der Waals surface area contributed by atoms with E-state index in [9.17, 15) is 4.79 Å². The Morgan fingerprint density at radius 1 is 1.59 bits per heavy atom. The number of carbonyl (C=O) groups is 1. The fourth-order valence-electron chi connectivity index (χ4n) is 2.09. The van der Waals surface area contributed by atoms with Crippen molar-refractivity contribution in [2.75, 3.05) is 26.7 Å². The molecule has 17 heavy (non-hydrogen) atoms. The third kappa shape index (κ3) is 5.04. The first-order valence-corrected chi connectivity index (χ1v) is 6.75. The summed E-state index contributed by atoms with van der Waals surface area (Å²) in [5.41, 5.74) is 0. The number of nitrogens with zero attached hydrogens (tertiary/aromatic N) is 1. The predicted molar refractivity (Wildman–Crippen MR) is 69.0 cm³/mol. The van der Waals surface area contributed by atoms with Gasteiger partial charge in [0, 0.05) is 20.2 Å². The van der Waals surface area contributed by atoms with Gasteiger partial charge >= 0.3 is 0 Å². The monoisotopic (exact) mass is 242 g/mol. The van der Waals surface area contributed by atoms with Crippen LogP contribution in [-0.2, 0) is 9.53 Å². The molecule has 1 heterocycles. The van der Waals surface area contributed by atoms with Gasteiger partial charge in [-0.1, -0.05) is 0 Å². The van der Waals surface area contributed by atoms with Crippen molar-refractivity contribution >= 4 is 5.91 Å². The van der Waals surface area contributed by atoms with Gasteiger partial charge in [0.2, 0.25) is 5.91 Å². The van der Waals surface area contributed by atoms with Crippen LogP contribution in [-0.4, -0.2) is 49.7 Å². The molecule has 0 saturated carbocycles. The second kappa shape index (κ2) is 7.67. The fraction of sp³-hybridized carbons (Fsp3) is 0.923. The summed E-state index contributed by atoms with van der Waals surface area (Å²) in [4.78, 5) is 13.5. The van der Waals surface area contributed by atoms with Crippen molar-refractivity contribution in [3.8, 4) is 0 Å². The molecule has 1 amide bonds. The Kier molecular flexibility index (Phi) is 6.52. The molecule has 100 valence electrons. The summed E-state index contributed by atoms with van der Waals surface area (Å²) in [5.74, 6) is 0.171. The zero-order valence-electron chi connectivity index (χ0n) is 11.4. The Morgan fingerprint density at radius 3 is 2.94 bits per heavy atom. The number of ether oxygens (including phenoxy) is 1. The fourth-order valence-corrected chi connectivity index (χ4v) is 2.09. The Bertz CT molecular complexity index is 227. The predicted octanol–water partition coefficient (Wildman–Crippen LogP) is 1.40. The Balaban J connectivity index is 2.06. The summed E-state index contributed by atoms with van der Waals surface area (Å²) in [5, 5.41) is 3.27. The zero-order chi connectivity index (χ0) is 12.7. The molecule has 2 atom stereocenters. The van der Waals surface area contributed by atoms with Crippen LogP contribution in [0.3, 0.4) is 0 Å². The van der Waals surface area contributed by atoms with E-state index in [1.54, 1.807) is 4.90 Å². The molecule has 4 heteroatoms. The minimum atomic E-state index is -0.0792. The van der Waals surface area contributed by atoms with Crippen molar-refractivity contribution in [2.45, 2.75) is 51.7 Å². The third-order valence-electron chi connectivity index (χ3n) is 3.40. The van der Waals surface area contributed by atoms with E-state index < -0.39 is 0 Å². The lowest BCUT2D eigenvalue weighted by atomic mass is 10.1. The average Bonchev–Trinajstić information content (AvgIpc) is 2.85. The van der Waals surface area contributed by atoms with Gasteiger partial charge in [-0.25, -0.2) is 0 Å². The lowest BCUT2D eigenvalue weighted by molar-refractivity contribution is -0.131. The molecule has 0 bridgehead atoms. The molecule has 0 spiro atoms. The van der Waals surface area contributed by atoms with Gasteiger partial charge < -0.3 is 15.0 Å². The number of amides is 1. The summed E-state index contributed by atoms with van der Waals surface area (Å²) >= 11 is 0. The highest BCUT2D eigenvalue weighted by Gasteiger charge is 2.17. The topological polar surface area (TPSA) is 41.6 Å². The minimum Gasteiger partial charge on any atom is -0.378 e. The summed E-state index contributed by atoms with van der Waals surface area (Å²) in [6.07, 6.45) is 5.05. The van der Waals surface area contributed by atoms with Crippen LogP contribution in [0.25, 0.3) is 0 Å². The van der Waals surface area contributed by atoms with Gasteiger partial charge in [0.05, 0.1) is 12.1 Å². The van der Waals surface area contributed by atoms with Crippen molar-refractivity contribution in [1.82, 2.24) is 10.2 Å². The van der Waals surface area contributed by atoms with Crippen molar-refractivity contribution in [1.29, 1.82) is 0 Å². The lowest BCUT2D eigenvalue weighted by Gasteiger charge is -2.20. The van der Waals surface area contributed by atoms with E-state index in [0.717, 1.165) is 32.5 Å². The normalized spacial score (nSPS) is 21.5. The molecule has 1 aliphatic rings. The maximum Gasteiger partial charge on any atom is 0.239 e. The SMILES string of the molecule is CCN(C)C(=O)C(C)NCCCC1CCCO1. The molecule has 0 aromatic carbocycles. The van der Waals surface area contributed by atoms with Crippen molar-refractivity contribution in [2.24, 2.45) is 0 Å². The molecule has 1 fully saturated rings. The molecule has 2 unspecified atom stereocenters. The average molecular weight is 242 g/mol. The number of hydrogen-bond donors (Lipinski definition) is 1. The Morgan fingerprint density at radius 2 is 2.35 bits per heavy atom. The third-order valence-corrected chi connectivity index (χ3v) is 3.40. The second-order valence-electron chi connectivity index (χ2n) is 4.81. The van der Waals surface area contributed by atoms with E-state index >= 15 is 0 Å². The molecule has 1 saturated heterocycles. The van der Waals surface area contributed by atoms with Gasteiger partial charge in [0.15, 0.2) is 0 Å². The molecule has 0 aliphatic carbocycles. The first-order valence-electron chi connectivity index (χ1n) is 6.75. The highest BCUT2D eigenvalue weighted by molar-refractivity contribution is 5.81. The summed E-state index contributed by atoms with van der Waals surface area (Å²) in [6.45, 7) is 6.50. The van der Waals surface area contributed by atoms with Crippen LogP contribution in [0.4, 0.5) is 0 Å². The standard InChI is InChI=1S/C13H26N2O2/c1-4-15(3)13(16)11(2)14-9-5-7-12-8-6-10-17-12/h11-12,14H,4-10H2,1-3H3. The maximum absolute atomic E-state index is 11.8. The first kappa shape index (κ1) is 14.5. The number of hydrogen-bond acceptors (Lipinski definition) is 3. The molecule has 4 nitrogen and oxygen atoms in total. The van der Waals surface area contributed by atoms with Crippen molar-refractivity contribution < 1.29 is 9.53 Å². The highest BCUT2D eigenvalue weighted by atomic mass is 16.5. The van der Waals surface area contributed by atoms with E-state index in [0.29, 0.717) is 6.10 Å². The van der Waals surface area contributed by atoms with Gasteiger partial charge in [-0.15, -0.1) is 0 Å². The van der Waals surface area contributed by atoms with Crippen LogP contribution in [0, 0.1) is 0 Å². The van der Waals surface area contributed by atoms with E-state index in [2.05, 4.69) is 5.32 Å². The lowest BCUT2D eigenvalue weighted by Crippen LogP contribution is -2.43. The summed E-state index contributed by atoms with van der Waals surface area (Å²) in [6, 6.07) is -0.0792. The molecule has 0 aromatic rings. The molecule has 1 N–H and O–H groups in total. The maximum atomic E-state index is 11.8. The van der Waals surface area contributed by atoms with Crippen LogP contribution >= 0.6 is 0 Å². The Labute approximate surface area is 105 Å². The minimum absolute atomic E-state index is 0.0792. The second-order valence-corrected chi connectivity index (χ2v) is 4.81. The largest absolute Gasteiger partial charge is 0.378 e. The smallest absolute Gasteiger partial charge is 0.239 e. The zero-order valence-corrected chi connectivity index (χ0v) is 11.4. The van der Waals surface area contributed by atoms with Crippen LogP contribution in [0.5, 0.6) is 0 Å². The van der Waals surface area contributed by atoms with Crippen LogP contribution < -0.4 is 5.32 Å². The van der Waals surface area contributed by atoms with Crippen LogP contribution in [0.15, 0.2) is 0 Å². The van der Waals surface area contributed by atoms with Gasteiger partial charge in [-0.3, -0.25) is 4.79 Å². The molecular formula is C13H26N2O2. The van der Waals surface area contributed by atoms with Gasteiger partial charge in [0.1, 0.15) is 0 Å².